The maximum atomic E-state index is 12.1. The zero-order valence-electron chi connectivity index (χ0n) is 10.7. The van der Waals surface area contributed by atoms with E-state index in [2.05, 4.69) is 4.98 Å². The van der Waals surface area contributed by atoms with Crippen LogP contribution in [0, 0.1) is 18.3 Å². The Hall–Kier alpha value is -2.94. The van der Waals surface area contributed by atoms with Gasteiger partial charge in [0.2, 0.25) is 0 Å². The van der Waals surface area contributed by atoms with E-state index in [0.717, 1.165) is 0 Å². The molecule has 0 amide bonds. The van der Waals surface area contributed by atoms with Gasteiger partial charge >= 0.3 is 5.97 Å². The molecule has 0 aromatic carbocycles. The number of nitriles is 1. The molecule has 6 nitrogen and oxygen atoms in total. The summed E-state index contributed by atoms with van der Waals surface area (Å²) in [5, 5.41) is 18.0. The van der Waals surface area contributed by atoms with E-state index in [-0.39, 0.29) is 17.8 Å². The molecule has 2 heterocycles. The molecule has 2 aromatic heterocycles. The smallest absolute Gasteiger partial charge is 0.341 e. The molecule has 0 aliphatic heterocycles. The summed E-state index contributed by atoms with van der Waals surface area (Å²) in [5.74, 6) is -1.27. The molecule has 0 unspecified atom stereocenters. The first-order chi connectivity index (χ1) is 9.54. The lowest BCUT2D eigenvalue weighted by Gasteiger charge is -2.11. The quantitative estimate of drug-likeness (QED) is 0.902. The summed E-state index contributed by atoms with van der Waals surface area (Å²) in [5.41, 5.74) is 0.526. The zero-order chi connectivity index (χ0) is 14.7. The number of aromatic carboxylic acids is 1. The number of pyridine rings is 2. The molecule has 2 aromatic rings. The van der Waals surface area contributed by atoms with Gasteiger partial charge in [0, 0.05) is 17.5 Å². The molecular weight excluding hydrogens is 258 g/mol. The minimum Gasteiger partial charge on any atom is -0.477 e. The topological polar surface area (TPSA) is 96.0 Å². The first-order valence-corrected chi connectivity index (χ1v) is 5.82. The maximum Gasteiger partial charge on any atom is 0.341 e. The molecule has 1 N–H and O–H groups in total. The summed E-state index contributed by atoms with van der Waals surface area (Å²) in [4.78, 5) is 27.0. The number of aromatic nitrogens is 2. The molecule has 0 atom stereocenters. The highest BCUT2D eigenvalue weighted by atomic mass is 16.4. The normalized spacial score (nSPS) is 10.0. The van der Waals surface area contributed by atoms with E-state index in [1.165, 1.54) is 16.8 Å². The number of nitrogens with zero attached hydrogens (tertiary/aromatic N) is 3. The van der Waals surface area contributed by atoms with Crippen LogP contribution in [-0.2, 0) is 6.54 Å². The molecule has 0 saturated heterocycles. The van der Waals surface area contributed by atoms with Gasteiger partial charge in [-0.05, 0) is 25.1 Å². The number of aryl methyl sites for hydroxylation is 1. The van der Waals surface area contributed by atoms with Crippen LogP contribution < -0.4 is 5.56 Å². The van der Waals surface area contributed by atoms with E-state index in [1.54, 1.807) is 25.1 Å². The van der Waals surface area contributed by atoms with E-state index in [0.29, 0.717) is 11.3 Å². The van der Waals surface area contributed by atoms with Gasteiger partial charge in [0.25, 0.3) is 5.56 Å². The van der Waals surface area contributed by atoms with E-state index in [1.807, 2.05) is 6.07 Å². The van der Waals surface area contributed by atoms with Gasteiger partial charge in [0.15, 0.2) is 0 Å². The second-order valence-electron chi connectivity index (χ2n) is 4.21. The molecule has 2 rings (SSSR count). The van der Waals surface area contributed by atoms with Crippen molar-refractivity contribution in [3.05, 3.63) is 63.3 Å². The van der Waals surface area contributed by atoms with Gasteiger partial charge in [-0.1, -0.05) is 6.07 Å². The van der Waals surface area contributed by atoms with Crippen LogP contribution >= 0.6 is 0 Å². The van der Waals surface area contributed by atoms with Gasteiger partial charge in [0.1, 0.15) is 17.3 Å². The minimum atomic E-state index is -1.27. The Morgan fingerprint density at radius 2 is 2.20 bits per heavy atom. The first kappa shape index (κ1) is 13.5. The number of carbonyl (C=O) groups is 1. The van der Waals surface area contributed by atoms with Crippen LogP contribution in [0.4, 0.5) is 0 Å². The Morgan fingerprint density at radius 1 is 1.45 bits per heavy atom. The fourth-order valence-corrected chi connectivity index (χ4v) is 1.87. The highest BCUT2D eigenvalue weighted by molar-refractivity contribution is 5.87. The maximum absolute atomic E-state index is 12.1. The third-order valence-corrected chi connectivity index (χ3v) is 2.95. The van der Waals surface area contributed by atoms with Crippen molar-refractivity contribution in [2.24, 2.45) is 0 Å². The number of carboxylic acid groups (broad SMARTS) is 1. The van der Waals surface area contributed by atoms with Crippen LogP contribution in [0.1, 0.15) is 27.3 Å². The van der Waals surface area contributed by atoms with Gasteiger partial charge in [0.05, 0.1) is 6.54 Å². The SMILES string of the molecule is Cc1ccc(C(=O)O)c(=O)n1Cc1cccnc1C#N. The van der Waals surface area contributed by atoms with E-state index < -0.39 is 11.5 Å². The average molecular weight is 269 g/mol. The van der Waals surface area contributed by atoms with E-state index >= 15 is 0 Å². The van der Waals surface area contributed by atoms with E-state index in [9.17, 15) is 9.59 Å². The molecular formula is C14H11N3O3. The van der Waals surface area contributed by atoms with Crippen molar-refractivity contribution in [1.82, 2.24) is 9.55 Å². The standard InChI is InChI=1S/C14H11N3O3/c1-9-4-5-11(14(19)20)13(18)17(9)8-10-3-2-6-16-12(10)7-15/h2-6H,8H2,1H3,(H,19,20). The Bertz CT molecular complexity index is 772. The highest BCUT2D eigenvalue weighted by Gasteiger charge is 2.13. The van der Waals surface area contributed by atoms with Crippen molar-refractivity contribution < 1.29 is 9.90 Å². The van der Waals surface area contributed by atoms with Gasteiger partial charge in [-0.25, -0.2) is 9.78 Å². The monoisotopic (exact) mass is 269 g/mol. The summed E-state index contributed by atoms with van der Waals surface area (Å²) >= 11 is 0. The number of rotatable bonds is 3. The third-order valence-electron chi connectivity index (χ3n) is 2.95. The van der Waals surface area contributed by atoms with Crippen molar-refractivity contribution >= 4 is 5.97 Å². The van der Waals surface area contributed by atoms with Crippen LogP contribution in [0.25, 0.3) is 0 Å². The van der Waals surface area contributed by atoms with Crippen molar-refractivity contribution in [1.29, 1.82) is 5.26 Å². The Labute approximate surface area is 114 Å². The van der Waals surface area contributed by atoms with Crippen LogP contribution in [0.5, 0.6) is 0 Å². The lowest BCUT2D eigenvalue weighted by Crippen LogP contribution is -2.28. The lowest BCUT2D eigenvalue weighted by molar-refractivity contribution is 0.0694. The van der Waals surface area contributed by atoms with Crippen molar-refractivity contribution in [2.45, 2.75) is 13.5 Å². The Morgan fingerprint density at radius 3 is 2.85 bits per heavy atom. The number of hydrogen-bond donors (Lipinski definition) is 1. The summed E-state index contributed by atoms with van der Waals surface area (Å²) in [6.45, 7) is 1.82. The summed E-state index contributed by atoms with van der Waals surface area (Å²) in [6.07, 6.45) is 1.49. The Balaban J connectivity index is 2.55. The second kappa shape index (κ2) is 5.36. The Kier molecular flexibility index (Phi) is 3.62. The number of carboxylic acids is 1. The first-order valence-electron chi connectivity index (χ1n) is 5.82. The average Bonchev–Trinajstić information content (AvgIpc) is 2.43. The molecule has 0 radical (unpaired) electrons. The molecule has 0 aliphatic carbocycles. The lowest BCUT2D eigenvalue weighted by atomic mass is 10.1. The molecule has 6 heteroatoms. The van der Waals surface area contributed by atoms with Crippen LogP contribution in [0.2, 0.25) is 0 Å². The van der Waals surface area contributed by atoms with Crippen molar-refractivity contribution in [2.75, 3.05) is 0 Å². The predicted molar refractivity (Wildman–Crippen MR) is 70.5 cm³/mol. The fraction of sp³-hybridized carbons (Fsp3) is 0.143. The summed E-state index contributed by atoms with van der Waals surface area (Å²) < 4.78 is 1.32. The van der Waals surface area contributed by atoms with E-state index in [4.69, 9.17) is 10.4 Å². The molecule has 0 bridgehead atoms. The second-order valence-corrected chi connectivity index (χ2v) is 4.21. The molecule has 0 aliphatic rings. The summed E-state index contributed by atoms with van der Waals surface area (Å²) in [7, 11) is 0. The number of hydrogen-bond acceptors (Lipinski definition) is 4. The molecule has 0 fully saturated rings. The molecule has 0 saturated carbocycles. The van der Waals surface area contributed by atoms with Crippen LogP contribution in [-0.4, -0.2) is 20.6 Å². The minimum absolute atomic E-state index is 0.114. The molecule has 100 valence electrons. The van der Waals surface area contributed by atoms with Gasteiger partial charge in [-0.3, -0.25) is 4.79 Å². The molecule has 20 heavy (non-hydrogen) atoms. The van der Waals surface area contributed by atoms with Gasteiger partial charge < -0.3 is 9.67 Å². The van der Waals surface area contributed by atoms with Gasteiger partial charge in [-0.15, -0.1) is 0 Å². The fourth-order valence-electron chi connectivity index (χ4n) is 1.87. The van der Waals surface area contributed by atoms with Crippen LogP contribution in [0.15, 0.2) is 35.3 Å². The zero-order valence-corrected chi connectivity index (χ0v) is 10.7. The van der Waals surface area contributed by atoms with Crippen molar-refractivity contribution in [3.63, 3.8) is 0 Å². The predicted octanol–water partition coefficient (Wildman–Crippen LogP) is 1.17. The molecule has 0 spiro atoms. The van der Waals surface area contributed by atoms with Crippen molar-refractivity contribution in [3.8, 4) is 6.07 Å². The van der Waals surface area contributed by atoms with Crippen LogP contribution in [0.3, 0.4) is 0 Å². The summed E-state index contributed by atoms with van der Waals surface area (Å²) in [6, 6.07) is 8.14. The van der Waals surface area contributed by atoms with Gasteiger partial charge in [-0.2, -0.15) is 5.26 Å². The largest absolute Gasteiger partial charge is 0.477 e. The third kappa shape index (κ3) is 2.42. The highest BCUT2D eigenvalue weighted by Crippen LogP contribution is 2.08.